The molecule has 3 saturated heterocycles. The molecule has 8 rings (SSSR count). The SMILES string of the molecule is N#Cc1c(N)sc2ccc(F)c(-c3c4c(c5c(N6CC7CCN(CCCO)CCC7C6)nc(OCCN6CC[C@H](F)C6)nc5c3F)COC4)c12. The lowest BCUT2D eigenvalue weighted by Crippen LogP contribution is -2.29. The molecule has 4 aliphatic rings. The van der Waals surface area contributed by atoms with E-state index in [-0.39, 0.29) is 65.0 Å². The van der Waals surface area contributed by atoms with Crippen molar-refractivity contribution in [1.29, 1.82) is 5.26 Å². The molecular formula is C36H40F3N7O3S. The molecule has 4 aliphatic heterocycles. The average molecular weight is 708 g/mol. The van der Waals surface area contributed by atoms with E-state index in [0.29, 0.717) is 64.9 Å². The van der Waals surface area contributed by atoms with Crippen LogP contribution in [0.5, 0.6) is 6.01 Å². The van der Waals surface area contributed by atoms with Gasteiger partial charge in [-0.2, -0.15) is 15.2 Å². The van der Waals surface area contributed by atoms with Gasteiger partial charge in [0, 0.05) is 67.1 Å². The second-order valence-corrected chi connectivity index (χ2v) is 15.0. The normalized spacial score (nSPS) is 22.7. The molecular weight excluding hydrogens is 668 g/mol. The van der Waals surface area contributed by atoms with Gasteiger partial charge in [-0.3, -0.25) is 4.90 Å². The number of thiophene rings is 1. The molecule has 0 spiro atoms. The van der Waals surface area contributed by atoms with Crippen LogP contribution >= 0.6 is 11.3 Å². The lowest BCUT2D eigenvalue weighted by atomic mass is 9.90. The van der Waals surface area contributed by atoms with Gasteiger partial charge in [-0.1, -0.05) is 0 Å². The maximum absolute atomic E-state index is 17.3. The highest BCUT2D eigenvalue weighted by Gasteiger charge is 2.38. The van der Waals surface area contributed by atoms with Crippen LogP contribution in [0.3, 0.4) is 0 Å². The number of nitriles is 1. The highest BCUT2D eigenvalue weighted by atomic mass is 32.1. The largest absolute Gasteiger partial charge is 0.462 e. The summed E-state index contributed by atoms with van der Waals surface area (Å²) in [6.07, 6.45) is 2.42. The summed E-state index contributed by atoms with van der Waals surface area (Å²) in [5.74, 6) is 0.00493. The zero-order chi connectivity index (χ0) is 34.5. The number of hydrogen-bond donors (Lipinski definition) is 2. The molecule has 0 radical (unpaired) electrons. The molecule has 0 saturated carbocycles. The van der Waals surface area contributed by atoms with Crippen LogP contribution in [0.15, 0.2) is 12.1 Å². The van der Waals surface area contributed by atoms with Crippen LogP contribution in [0.2, 0.25) is 0 Å². The summed E-state index contributed by atoms with van der Waals surface area (Å²) in [5, 5.41) is 20.4. The monoisotopic (exact) mass is 707 g/mol. The highest BCUT2D eigenvalue weighted by molar-refractivity contribution is 7.23. The summed E-state index contributed by atoms with van der Waals surface area (Å²) in [7, 11) is 0. The second kappa shape index (κ2) is 13.8. The summed E-state index contributed by atoms with van der Waals surface area (Å²) in [4.78, 5) is 16.2. The Morgan fingerprint density at radius 3 is 2.46 bits per heavy atom. The second-order valence-electron chi connectivity index (χ2n) is 13.9. The third kappa shape index (κ3) is 5.92. The maximum Gasteiger partial charge on any atom is 0.319 e. The van der Waals surface area contributed by atoms with E-state index in [0.717, 1.165) is 63.3 Å². The van der Waals surface area contributed by atoms with Crippen molar-refractivity contribution in [2.75, 3.05) is 76.2 Å². The number of alkyl halides is 1. The van der Waals surface area contributed by atoms with Crippen molar-refractivity contribution >= 4 is 43.1 Å². The fourth-order valence-corrected chi connectivity index (χ4v) is 9.36. The Kier molecular flexibility index (Phi) is 9.20. The Bertz CT molecular complexity index is 1970. The molecule has 264 valence electrons. The van der Waals surface area contributed by atoms with Crippen molar-refractivity contribution in [3.63, 3.8) is 0 Å². The number of fused-ring (bicyclic) bond motifs is 5. The number of anilines is 2. The number of nitrogens with zero attached hydrogens (tertiary/aromatic N) is 6. The van der Waals surface area contributed by atoms with Gasteiger partial charge in [-0.25, -0.2) is 13.2 Å². The molecule has 3 fully saturated rings. The number of benzene rings is 2. The van der Waals surface area contributed by atoms with Crippen LogP contribution in [0.25, 0.3) is 32.1 Å². The minimum atomic E-state index is -0.856. The number of likely N-dealkylation sites (tertiary alicyclic amines) is 2. The van der Waals surface area contributed by atoms with E-state index < -0.39 is 17.8 Å². The first-order valence-corrected chi connectivity index (χ1v) is 18.3. The zero-order valence-corrected chi connectivity index (χ0v) is 28.6. The Balaban J connectivity index is 1.24. The number of rotatable bonds is 9. The molecule has 0 aliphatic carbocycles. The van der Waals surface area contributed by atoms with Gasteiger partial charge in [0.15, 0.2) is 5.82 Å². The third-order valence-corrected chi connectivity index (χ3v) is 11.9. The van der Waals surface area contributed by atoms with E-state index >= 15 is 8.78 Å². The molecule has 0 bridgehead atoms. The Morgan fingerprint density at radius 2 is 1.74 bits per heavy atom. The van der Waals surface area contributed by atoms with Crippen molar-refractivity contribution in [3.8, 4) is 23.2 Å². The van der Waals surface area contributed by atoms with E-state index in [9.17, 15) is 14.8 Å². The number of hydrogen-bond acceptors (Lipinski definition) is 11. The standard InChI is InChI=1S/C36H40F3N7O3S/c37-22-6-10-45(17-22)11-13-49-36-42-33-30(35(43-36)46-15-20-4-8-44(7-1-12-47)9-5-21(20)16-46)25-19-48-18-24(25)29(32(33)39)31-26(38)2-3-27-28(31)23(14-40)34(41)50-27/h2-3,20-22,47H,1,4-13,15-19,41H2/t20?,21?,22-/m0/s1. The van der Waals surface area contributed by atoms with Gasteiger partial charge >= 0.3 is 6.01 Å². The van der Waals surface area contributed by atoms with Gasteiger partial charge < -0.3 is 30.1 Å². The van der Waals surface area contributed by atoms with Gasteiger partial charge in [0.1, 0.15) is 41.0 Å². The quantitative estimate of drug-likeness (QED) is 0.239. The molecule has 2 aromatic heterocycles. The molecule has 50 heavy (non-hydrogen) atoms. The minimum Gasteiger partial charge on any atom is -0.462 e. The molecule has 4 aromatic rings. The topological polar surface area (TPSA) is 124 Å². The van der Waals surface area contributed by atoms with Crippen molar-refractivity contribution in [2.45, 2.75) is 45.1 Å². The number of nitrogens with two attached hydrogens (primary N) is 1. The summed E-state index contributed by atoms with van der Waals surface area (Å²) >= 11 is 1.16. The number of halogens is 3. The number of aromatic nitrogens is 2. The van der Waals surface area contributed by atoms with Gasteiger partial charge in [0.05, 0.1) is 24.2 Å². The van der Waals surface area contributed by atoms with Gasteiger partial charge in [0.2, 0.25) is 0 Å². The van der Waals surface area contributed by atoms with E-state index in [1.54, 1.807) is 6.07 Å². The van der Waals surface area contributed by atoms with Gasteiger partial charge in [0.25, 0.3) is 0 Å². The fraction of sp³-hybridized carbons (Fsp3) is 0.528. The molecule has 0 amide bonds. The Morgan fingerprint density at radius 1 is 0.980 bits per heavy atom. The first kappa shape index (κ1) is 33.4. The van der Waals surface area contributed by atoms with E-state index in [1.807, 2.05) is 4.90 Å². The molecule has 2 unspecified atom stereocenters. The zero-order valence-electron chi connectivity index (χ0n) is 27.8. The minimum absolute atomic E-state index is 0.00524. The summed E-state index contributed by atoms with van der Waals surface area (Å²) in [6, 6.07) is 4.94. The Hall–Kier alpha value is -3.74. The van der Waals surface area contributed by atoms with E-state index in [1.165, 1.54) is 6.07 Å². The number of aliphatic hydroxyl groups is 1. The van der Waals surface area contributed by atoms with Crippen LogP contribution in [0.4, 0.5) is 24.0 Å². The highest BCUT2D eigenvalue weighted by Crippen LogP contribution is 2.48. The molecule has 14 heteroatoms. The Labute approximate surface area is 292 Å². The third-order valence-electron chi connectivity index (χ3n) is 10.9. The molecule has 10 nitrogen and oxygen atoms in total. The molecule has 3 atom stereocenters. The smallest absolute Gasteiger partial charge is 0.319 e. The fourth-order valence-electron chi connectivity index (χ4n) is 8.43. The average Bonchev–Trinajstić information content (AvgIpc) is 3.89. The first-order valence-electron chi connectivity index (χ1n) is 17.5. The lowest BCUT2D eigenvalue weighted by molar-refractivity contribution is 0.135. The van der Waals surface area contributed by atoms with E-state index in [4.69, 9.17) is 20.2 Å². The molecule has 2 aromatic carbocycles. The lowest BCUT2D eigenvalue weighted by Gasteiger charge is -2.24. The predicted molar refractivity (Wildman–Crippen MR) is 186 cm³/mol. The van der Waals surface area contributed by atoms with E-state index in [2.05, 4.69) is 20.9 Å². The first-order chi connectivity index (χ1) is 24.3. The van der Waals surface area contributed by atoms with Crippen LogP contribution in [0, 0.1) is 34.8 Å². The van der Waals surface area contributed by atoms with Crippen molar-refractivity contribution in [3.05, 3.63) is 40.5 Å². The van der Waals surface area contributed by atoms with Crippen LogP contribution in [0.1, 0.15) is 42.4 Å². The molecule has 3 N–H and O–H groups in total. The number of nitrogen functional groups attached to an aromatic ring is 1. The van der Waals surface area contributed by atoms with Crippen LogP contribution in [-0.4, -0.2) is 96.6 Å². The van der Waals surface area contributed by atoms with Crippen molar-refractivity contribution in [1.82, 2.24) is 19.8 Å². The summed E-state index contributed by atoms with van der Waals surface area (Å²) < 4.78 is 59.7. The number of aliphatic hydroxyl groups excluding tert-OH is 1. The maximum atomic E-state index is 17.3. The molecule has 6 heterocycles. The van der Waals surface area contributed by atoms with Crippen molar-refractivity contribution < 1.29 is 27.8 Å². The van der Waals surface area contributed by atoms with Crippen molar-refractivity contribution in [2.24, 2.45) is 11.8 Å². The summed E-state index contributed by atoms with van der Waals surface area (Å²) in [5.41, 5.74) is 7.49. The van der Waals surface area contributed by atoms with Crippen LogP contribution < -0.4 is 15.4 Å². The number of ether oxygens (including phenoxy) is 2. The predicted octanol–water partition coefficient (Wildman–Crippen LogP) is 5.23. The van der Waals surface area contributed by atoms with Gasteiger partial charge in [-0.15, -0.1) is 11.3 Å². The summed E-state index contributed by atoms with van der Waals surface area (Å²) in [6.45, 7) is 6.36. The van der Waals surface area contributed by atoms with Gasteiger partial charge in [-0.05, 0) is 73.9 Å². The van der Waals surface area contributed by atoms with Crippen LogP contribution in [-0.2, 0) is 18.0 Å².